The van der Waals surface area contributed by atoms with Crippen molar-refractivity contribution < 1.29 is 4.74 Å². The molecule has 102 valence electrons. The van der Waals surface area contributed by atoms with Crippen LogP contribution in [-0.2, 0) is 17.7 Å². The summed E-state index contributed by atoms with van der Waals surface area (Å²) in [5.41, 5.74) is 2.41. The Morgan fingerprint density at radius 1 is 1.56 bits per heavy atom. The molecule has 1 saturated heterocycles. The molecule has 0 aromatic carbocycles. The number of likely N-dealkylation sites (N-methyl/N-ethyl adjacent to an activating group) is 1. The van der Waals surface area contributed by atoms with Crippen molar-refractivity contribution >= 4 is 0 Å². The maximum absolute atomic E-state index is 5.89. The van der Waals surface area contributed by atoms with E-state index in [4.69, 9.17) is 4.74 Å². The number of aryl methyl sites for hydroxylation is 2. The second kappa shape index (κ2) is 6.34. The smallest absolute Gasteiger partial charge is 0.0731 e. The fraction of sp³-hybridized carbons (Fsp3) is 0.786. The highest BCUT2D eigenvalue weighted by atomic mass is 16.5. The van der Waals surface area contributed by atoms with Gasteiger partial charge in [0.1, 0.15) is 0 Å². The molecule has 1 N–H and O–H groups in total. The van der Waals surface area contributed by atoms with Crippen molar-refractivity contribution in [1.29, 1.82) is 0 Å². The Balaban J connectivity index is 2.04. The van der Waals surface area contributed by atoms with Crippen LogP contribution >= 0.6 is 0 Å². The second-order valence-electron chi connectivity index (χ2n) is 5.10. The monoisotopic (exact) mass is 251 g/mol. The van der Waals surface area contributed by atoms with Crippen LogP contribution in [0.1, 0.15) is 37.6 Å². The molecule has 1 fully saturated rings. The molecule has 0 radical (unpaired) electrons. The molecule has 0 aliphatic carbocycles. The molecule has 4 nitrogen and oxygen atoms in total. The number of nitrogens with zero attached hydrogens (tertiary/aromatic N) is 2. The quantitative estimate of drug-likeness (QED) is 0.869. The number of aromatic nitrogens is 2. The van der Waals surface area contributed by atoms with Gasteiger partial charge < -0.3 is 10.1 Å². The van der Waals surface area contributed by atoms with E-state index in [2.05, 4.69) is 35.0 Å². The van der Waals surface area contributed by atoms with Crippen LogP contribution in [0.25, 0.3) is 0 Å². The van der Waals surface area contributed by atoms with E-state index >= 15 is 0 Å². The van der Waals surface area contributed by atoms with Gasteiger partial charge in [0.05, 0.1) is 11.8 Å². The minimum absolute atomic E-state index is 0.351. The minimum atomic E-state index is 0.351. The third-order valence-corrected chi connectivity index (χ3v) is 3.75. The highest BCUT2D eigenvalue weighted by Gasteiger charge is 2.24. The van der Waals surface area contributed by atoms with Crippen molar-refractivity contribution in [1.82, 2.24) is 15.1 Å². The zero-order valence-electron chi connectivity index (χ0n) is 11.8. The summed E-state index contributed by atoms with van der Waals surface area (Å²) in [6.07, 6.45) is 5.01. The summed E-state index contributed by atoms with van der Waals surface area (Å²) in [4.78, 5) is 0. The fourth-order valence-electron chi connectivity index (χ4n) is 2.76. The number of hydrogen-bond donors (Lipinski definition) is 1. The molecule has 0 bridgehead atoms. The van der Waals surface area contributed by atoms with Crippen molar-refractivity contribution in [3.8, 4) is 0 Å². The molecule has 1 aromatic rings. The van der Waals surface area contributed by atoms with Crippen molar-refractivity contribution in [2.24, 2.45) is 0 Å². The Kier molecular flexibility index (Phi) is 4.78. The Labute approximate surface area is 110 Å². The summed E-state index contributed by atoms with van der Waals surface area (Å²) in [5.74, 6) is 0. The molecular formula is C14H25N3O. The van der Waals surface area contributed by atoms with Crippen LogP contribution in [0.15, 0.2) is 6.07 Å². The van der Waals surface area contributed by atoms with Gasteiger partial charge in [0, 0.05) is 31.3 Å². The predicted octanol–water partition coefficient (Wildman–Crippen LogP) is 1.91. The molecule has 0 saturated carbocycles. The molecule has 2 heterocycles. The van der Waals surface area contributed by atoms with Gasteiger partial charge in [0.25, 0.3) is 0 Å². The lowest BCUT2D eigenvalue weighted by Gasteiger charge is -2.30. The molecule has 1 aliphatic heterocycles. The Morgan fingerprint density at radius 3 is 3.00 bits per heavy atom. The molecule has 0 spiro atoms. The molecule has 1 aromatic heterocycles. The maximum Gasteiger partial charge on any atom is 0.0731 e. The van der Waals surface area contributed by atoms with Gasteiger partial charge in [-0.25, -0.2) is 0 Å². The summed E-state index contributed by atoms with van der Waals surface area (Å²) in [6.45, 7) is 6.04. The Hall–Kier alpha value is -0.870. The van der Waals surface area contributed by atoms with Gasteiger partial charge in [-0.2, -0.15) is 5.10 Å². The van der Waals surface area contributed by atoms with E-state index in [1.165, 1.54) is 25.0 Å². The van der Waals surface area contributed by atoms with Gasteiger partial charge >= 0.3 is 0 Å². The third-order valence-electron chi connectivity index (χ3n) is 3.75. The molecule has 2 atom stereocenters. The lowest BCUT2D eigenvalue weighted by molar-refractivity contribution is -0.00623. The zero-order chi connectivity index (χ0) is 13.0. The van der Waals surface area contributed by atoms with Crippen LogP contribution in [0.3, 0.4) is 0 Å². The lowest BCUT2D eigenvalue weighted by Crippen LogP contribution is -2.43. The van der Waals surface area contributed by atoms with Crippen LogP contribution < -0.4 is 5.32 Å². The highest BCUT2D eigenvalue weighted by molar-refractivity contribution is 5.11. The van der Waals surface area contributed by atoms with E-state index in [0.29, 0.717) is 12.1 Å². The normalized spacial score (nSPS) is 22.1. The molecule has 2 unspecified atom stereocenters. The Bertz CT molecular complexity index is 369. The van der Waals surface area contributed by atoms with E-state index in [1.807, 2.05) is 7.05 Å². The summed E-state index contributed by atoms with van der Waals surface area (Å²) in [5, 5.41) is 7.92. The zero-order valence-corrected chi connectivity index (χ0v) is 11.8. The number of nitrogens with one attached hydrogen (secondary N) is 1. The summed E-state index contributed by atoms with van der Waals surface area (Å²) in [7, 11) is 2.03. The van der Waals surface area contributed by atoms with Crippen LogP contribution in [0.4, 0.5) is 0 Å². The van der Waals surface area contributed by atoms with Crippen LogP contribution in [-0.4, -0.2) is 35.6 Å². The van der Waals surface area contributed by atoms with Crippen LogP contribution in [0.5, 0.6) is 0 Å². The van der Waals surface area contributed by atoms with Gasteiger partial charge in [-0.05, 0) is 46.2 Å². The van der Waals surface area contributed by atoms with Gasteiger partial charge in [-0.1, -0.05) is 0 Å². The summed E-state index contributed by atoms with van der Waals surface area (Å²) < 4.78 is 7.99. The summed E-state index contributed by atoms with van der Waals surface area (Å²) >= 11 is 0. The topological polar surface area (TPSA) is 39.1 Å². The molecule has 1 aliphatic rings. The third kappa shape index (κ3) is 3.12. The highest BCUT2D eigenvalue weighted by Crippen LogP contribution is 2.19. The van der Waals surface area contributed by atoms with Crippen LogP contribution in [0, 0.1) is 6.92 Å². The average molecular weight is 251 g/mol. The largest absolute Gasteiger partial charge is 0.377 e. The second-order valence-corrected chi connectivity index (χ2v) is 5.10. The first-order valence-electron chi connectivity index (χ1n) is 7.06. The molecule has 2 rings (SSSR count). The van der Waals surface area contributed by atoms with Crippen molar-refractivity contribution in [3.05, 3.63) is 17.5 Å². The molecule has 0 amide bonds. The van der Waals surface area contributed by atoms with Gasteiger partial charge in [0.15, 0.2) is 0 Å². The van der Waals surface area contributed by atoms with E-state index in [-0.39, 0.29) is 0 Å². The SMILES string of the molecule is CCn1nc(C)cc1CC(NC)C1CCCCO1. The van der Waals surface area contributed by atoms with Gasteiger partial charge in [-0.15, -0.1) is 0 Å². The van der Waals surface area contributed by atoms with E-state index in [1.54, 1.807) is 0 Å². The average Bonchev–Trinajstić information content (AvgIpc) is 2.77. The fourth-order valence-corrected chi connectivity index (χ4v) is 2.76. The summed E-state index contributed by atoms with van der Waals surface area (Å²) in [6, 6.07) is 2.59. The predicted molar refractivity (Wildman–Crippen MR) is 72.8 cm³/mol. The van der Waals surface area contributed by atoms with Crippen molar-refractivity contribution in [3.63, 3.8) is 0 Å². The molecular weight excluding hydrogens is 226 g/mol. The van der Waals surface area contributed by atoms with E-state index in [9.17, 15) is 0 Å². The van der Waals surface area contributed by atoms with Crippen molar-refractivity contribution in [2.75, 3.05) is 13.7 Å². The standard InChI is InChI=1S/C14H25N3O/c1-4-17-12(9-11(2)16-17)10-13(15-3)14-7-5-6-8-18-14/h9,13-15H,4-8,10H2,1-3H3. The number of hydrogen-bond acceptors (Lipinski definition) is 3. The first-order valence-corrected chi connectivity index (χ1v) is 7.06. The first kappa shape index (κ1) is 13.6. The maximum atomic E-state index is 5.89. The van der Waals surface area contributed by atoms with E-state index < -0.39 is 0 Å². The molecule has 4 heteroatoms. The van der Waals surface area contributed by atoms with Crippen molar-refractivity contribution in [2.45, 2.75) is 58.2 Å². The number of rotatable bonds is 5. The van der Waals surface area contributed by atoms with Gasteiger partial charge in [-0.3, -0.25) is 4.68 Å². The lowest BCUT2D eigenvalue weighted by atomic mass is 9.98. The van der Waals surface area contributed by atoms with E-state index in [0.717, 1.165) is 25.3 Å². The first-order chi connectivity index (χ1) is 8.74. The minimum Gasteiger partial charge on any atom is -0.377 e. The number of ether oxygens (including phenoxy) is 1. The van der Waals surface area contributed by atoms with Gasteiger partial charge in [0.2, 0.25) is 0 Å². The van der Waals surface area contributed by atoms with Crippen LogP contribution in [0.2, 0.25) is 0 Å². The molecule has 18 heavy (non-hydrogen) atoms. The Morgan fingerprint density at radius 2 is 2.39 bits per heavy atom.